The summed E-state index contributed by atoms with van der Waals surface area (Å²) in [6, 6.07) is 6.99. The molecular formula is C40H20BrF16N3O4. The van der Waals surface area contributed by atoms with Crippen LogP contribution in [0.3, 0.4) is 0 Å². The van der Waals surface area contributed by atoms with Crippen LogP contribution in [0.4, 0.5) is 87.3 Å². The second kappa shape index (κ2) is 18.0. The first kappa shape index (κ1) is 48.6. The Balaban J connectivity index is 1.67. The number of alkyl halides is 10. The van der Waals surface area contributed by atoms with Crippen LogP contribution < -0.4 is 15.5 Å². The topological polar surface area (TPSA) is 95.6 Å². The molecule has 0 fully saturated rings. The average molecular weight is 990 g/mol. The SMILES string of the molecule is O=C(CNc1cccc(C(=O)N(C(=O)c2cccc(NCC(=O)c3c(F)cccc3F)c2F)c2c(Br)cc(C(F)(F)C(F)(F)C(F)(F)F)cc2C(F)(F)F)c1F)c1c(F)cccc1F. The van der Waals surface area contributed by atoms with Crippen LogP contribution >= 0.6 is 15.9 Å². The Morgan fingerprint density at radius 1 is 0.547 bits per heavy atom. The van der Waals surface area contributed by atoms with Gasteiger partial charge < -0.3 is 10.6 Å². The summed E-state index contributed by atoms with van der Waals surface area (Å²) in [6.07, 6.45) is -13.3. The van der Waals surface area contributed by atoms with Crippen molar-refractivity contribution >= 4 is 56.4 Å². The van der Waals surface area contributed by atoms with Gasteiger partial charge in [-0.3, -0.25) is 19.2 Å². The van der Waals surface area contributed by atoms with Crippen molar-refractivity contribution in [2.24, 2.45) is 0 Å². The molecule has 0 aliphatic rings. The molecule has 0 atom stereocenters. The molecule has 0 spiro atoms. The number of imide groups is 1. The fraction of sp³-hybridized carbons (Fsp3) is 0.150. The number of nitrogens with one attached hydrogen (secondary N) is 2. The minimum atomic E-state index is -7.08. The number of nitrogens with zero attached hydrogens (tertiary/aromatic N) is 1. The number of amides is 2. The molecule has 0 bridgehead atoms. The van der Waals surface area contributed by atoms with Gasteiger partial charge in [0.15, 0.2) is 23.2 Å². The Kier molecular flexibility index (Phi) is 13.6. The summed E-state index contributed by atoms with van der Waals surface area (Å²) in [7, 11) is 0. The van der Waals surface area contributed by atoms with E-state index < -0.39 is 168 Å². The quantitative estimate of drug-likeness (QED) is 0.0693. The number of rotatable bonds is 13. The lowest BCUT2D eigenvalue weighted by molar-refractivity contribution is -0.359. The average Bonchev–Trinajstić information content (AvgIpc) is 3.19. The van der Waals surface area contributed by atoms with E-state index >= 15 is 8.78 Å². The largest absolute Gasteiger partial charge is 0.460 e. The number of ketones is 2. The molecule has 5 rings (SSSR count). The third-order valence-electron chi connectivity index (χ3n) is 8.93. The van der Waals surface area contributed by atoms with Gasteiger partial charge in [0.25, 0.3) is 11.8 Å². The van der Waals surface area contributed by atoms with Crippen molar-refractivity contribution in [3.05, 3.63) is 158 Å². The number of halogens is 17. The predicted molar refractivity (Wildman–Crippen MR) is 196 cm³/mol. The lowest BCUT2D eigenvalue weighted by Gasteiger charge is -2.31. The molecule has 338 valence electrons. The molecule has 5 aromatic carbocycles. The molecule has 7 nitrogen and oxygen atoms in total. The smallest absolute Gasteiger partial charge is 0.375 e. The molecule has 0 saturated heterocycles. The Hall–Kier alpha value is -6.46. The number of carbonyl (C=O) groups is 4. The van der Waals surface area contributed by atoms with E-state index in [-0.39, 0.29) is 0 Å². The summed E-state index contributed by atoms with van der Waals surface area (Å²) in [6.45, 7) is -2.29. The summed E-state index contributed by atoms with van der Waals surface area (Å²) in [4.78, 5) is 52.9. The summed E-state index contributed by atoms with van der Waals surface area (Å²) in [5, 5.41) is 4.13. The van der Waals surface area contributed by atoms with Crippen LogP contribution in [-0.4, -0.2) is 48.6 Å². The standard InChI is InChI=1S/C40H20BrF16N3O4/c41-21-14-17(37(48,49)39(53,54)40(55,56)57)13-20(38(50,51)52)34(21)60(35(63)18-5-1-11-26(32(18)46)58-15-28(61)30-22(42)7-3-8-23(30)43)36(64)19-6-2-12-27(33(19)47)59-16-29(62)31-24(44)9-4-10-25(31)45/h1-14,58-59H,15-16H2. The molecule has 5 aromatic rings. The van der Waals surface area contributed by atoms with Gasteiger partial charge in [0.2, 0.25) is 0 Å². The zero-order valence-corrected chi connectivity index (χ0v) is 32.6. The van der Waals surface area contributed by atoms with E-state index in [1.807, 2.05) is 0 Å². The minimum absolute atomic E-state index is 0.455. The second-order valence-corrected chi connectivity index (χ2v) is 13.9. The van der Waals surface area contributed by atoms with Gasteiger partial charge in [0, 0.05) is 10.0 Å². The lowest BCUT2D eigenvalue weighted by Crippen LogP contribution is -2.50. The van der Waals surface area contributed by atoms with Crippen molar-refractivity contribution in [1.29, 1.82) is 0 Å². The fourth-order valence-corrected chi connectivity index (χ4v) is 6.48. The third-order valence-corrected chi connectivity index (χ3v) is 9.54. The molecule has 2 amide bonds. The van der Waals surface area contributed by atoms with Crippen LogP contribution in [0, 0.1) is 34.9 Å². The van der Waals surface area contributed by atoms with Crippen molar-refractivity contribution < 1.29 is 89.4 Å². The van der Waals surface area contributed by atoms with Crippen LogP contribution in [0.1, 0.15) is 52.6 Å². The zero-order chi connectivity index (χ0) is 47.9. The summed E-state index contributed by atoms with van der Waals surface area (Å²) >= 11 is 2.28. The van der Waals surface area contributed by atoms with E-state index in [4.69, 9.17) is 0 Å². The van der Waals surface area contributed by atoms with E-state index in [0.717, 1.165) is 36.4 Å². The van der Waals surface area contributed by atoms with E-state index in [2.05, 4.69) is 26.6 Å². The Bertz CT molecular complexity index is 2520. The molecule has 0 aliphatic carbocycles. The van der Waals surface area contributed by atoms with E-state index in [1.165, 1.54) is 0 Å². The van der Waals surface area contributed by atoms with E-state index in [0.29, 0.717) is 36.4 Å². The molecule has 0 unspecified atom stereocenters. The molecule has 0 saturated carbocycles. The number of carbonyl (C=O) groups excluding carboxylic acids is 4. The molecule has 0 radical (unpaired) electrons. The molecule has 0 aliphatic heterocycles. The van der Waals surface area contributed by atoms with Crippen LogP contribution in [0.15, 0.2) is 89.4 Å². The highest BCUT2D eigenvalue weighted by Gasteiger charge is 2.73. The zero-order valence-electron chi connectivity index (χ0n) is 31.0. The van der Waals surface area contributed by atoms with Crippen LogP contribution in [0.2, 0.25) is 0 Å². The van der Waals surface area contributed by atoms with Gasteiger partial charge in [-0.25, -0.2) is 31.2 Å². The first-order valence-corrected chi connectivity index (χ1v) is 18.0. The van der Waals surface area contributed by atoms with Gasteiger partial charge in [0.05, 0.1) is 58.0 Å². The van der Waals surface area contributed by atoms with Crippen molar-refractivity contribution in [2.75, 3.05) is 28.6 Å². The highest BCUT2D eigenvalue weighted by atomic mass is 79.9. The maximum Gasteiger partial charge on any atom is 0.460 e. The van der Waals surface area contributed by atoms with Gasteiger partial charge in [0.1, 0.15) is 23.3 Å². The second-order valence-electron chi connectivity index (χ2n) is 13.0. The van der Waals surface area contributed by atoms with Crippen LogP contribution in [0.25, 0.3) is 0 Å². The van der Waals surface area contributed by atoms with E-state index in [9.17, 15) is 80.6 Å². The van der Waals surface area contributed by atoms with Gasteiger partial charge in [-0.15, -0.1) is 0 Å². The van der Waals surface area contributed by atoms with Crippen molar-refractivity contribution in [1.82, 2.24) is 0 Å². The highest BCUT2D eigenvalue weighted by Crippen LogP contribution is 2.54. The van der Waals surface area contributed by atoms with Crippen molar-refractivity contribution in [3.8, 4) is 0 Å². The minimum Gasteiger partial charge on any atom is -0.375 e. The normalized spacial score (nSPS) is 12.2. The Morgan fingerprint density at radius 2 is 0.922 bits per heavy atom. The van der Waals surface area contributed by atoms with Crippen molar-refractivity contribution in [2.45, 2.75) is 24.2 Å². The summed E-state index contributed by atoms with van der Waals surface area (Å²) in [5.41, 5.74) is -14.5. The maximum absolute atomic E-state index is 16.1. The molecule has 0 heterocycles. The number of hydrogen-bond acceptors (Lipinski definition) is 6. The summed E-state index contributed by atoms with van der Waals surface area (Å²) < 4.78 is 229. The van der Waals surface area contributed by atoms with Gasteiger partial charge in [-0.2, -0.15) is 43.9 Å². The highest BCUT2D eigenvalue weighted by molar-refractivity contribution is 9.10. The van der Waals surface area contributed by atoms with Crippen LogP contribution in [0.5, 0.6) is 0 Å². The maximum atomic E-state index is 16.1. The fourth-order valence-electron chi connectivity index (χ4n) is 5.84. The molecule has 0 aromatic heterocycles. The first-order valence-electron chi connectivity index (χ1n) is 17.2. The molecule has 2 N–H and O–H groups in total. The molecule has 24 heteroatoms. The Morgan fingerprint density at radius 3 is 1.28 bits per heavy atom. The van der Waals surface area contributed by atoms with Crippen LogP contribution in [-0.2, 0) is 12.1 Å². The lowest BCUT2D eigenvalue weighted by atomic mass is 9.97. The first-order chi connectivity index (χ1) is 29.6. The number of benzene rings is 5. The monoisotopic (exact) mass is 989 g/mol. The number of hydrogen-bond donors (Lipinski definition) is 2. The van der Waals surface area contributed by atoms with Gasteiger partial charge in [-0.1, -0.05) is 24.3 Å². The molecule has 64 heavy (non-hydrogen) atoms. The van der Waals surface area contributed by atoms with Crippen molar-refractivity contribution in [3.63, 3.8) is 0 Å². The number of anilines is 3. The Labute approximate surface area is 355 Å². The number of Topliss-reactive ketones (excluding diaryl/α,β-unsaturated/α-hetero) is 2. The molecular weight excluding hydrogens is 970 g/mol. The predicted octanol–water partition coefficient (Wildman–Crippen LogP) is 11.7. The van der Waals surface area contributed by atoms with E-state index in [1.54, 1.807) is 0 Å². The summed E-state index contributed by atoms with van der Waals surface area (Å²) in [5.74, 6) is -30.0. The van der Waals surface area contributed by atoms with Gasteiger partial charge in [-0.05, 0) is 76.6 Å². The third kappa shape index (κ3) is 9.26. The van der Waals surface area contributed by atoms with Gasteiger partial charge >= 0.3 is 24.2 Å².